The Morgan fingerprint density at radius 2 is 2.04 bits per heavy atom. The molecule has 0 radical (unpaired) electrons. The summed E-state index contributed by atoms with van der Waals surface area (Å²) in [5, 5.41) is 10.8. The highest BCUT2D eigenvalue weighted by Gasteiger charge is 2.28. The number of hydrogen-bond acceptors (Lipinski definition) is 2. The highest BCUT2D eigenvalue weighted by molar-refractivity contribution is 5.88. The maximum absolute atomic E-state index is 11.6. The molecule has 1 aromatic carbocycles. The van der Waals surface area contributed by atoms with E-state index in [4.69, 9.17) is 0 Å². The predicted octanol–water partition coefficient (Wildman–Crippen LogP) is 3.62. The van der Waals surface area contributed by atoms with Crippen LogP contribution in [0.1, 0.15) is 50.6 Å². The zero-order chi connectivity index (χ0) is 16.7. The third-order valence-corrected chi connectivity index (χ3v) is 5.17. The Morgan fingerprint density at radius 1 is 1.30 bits per heavy atom. The number of nitrogens with zero attached hydrogens (tertiary/aromatic N) is 2. The predicted molar refractivity (Wildman–Crippen MR) is 92.9 cm³/mol. The number of aliphatic carboxylic acids is 1. The Bertz CT molecular complexity index is 745. The molecule has 1 aromatic heterocycles. The Hall–Kier alpha value is -1.81. The van der Waals surface area contributed by atoms with E-state index in [-0.39, 0.29) is 0 Å². The van der Waals surface area contributed by atoms with Gasteiger partial charge in [0.1, 0.15) is 6.04 Å². The number of carboxylic acids is 1. The molecule has 1 aliphatic heterocycles. The Labute approximate surface area is 137 Å². The van der Waals surface area contributed by atoms with Crippen molar-refractivity contribution >= 4 is 16.9 Å². The van der Waals surface area contributed by atoms with E-state index in [9.17, 15) is 9.90 Å². The van der Waals surface area contributed by atoms with Crippen molar-refractivity contribution in [2.45, 2.75) is 59.2 Å². The molecule has 4 heteroatoms. The molecule has 0 bridgehead atoms. The third kappa shape index (κ3) is 2.65. The van der Waals surface area contributed by atoms with E-state index < -0.39 is 12.0 Å². The maximum Gasteiger partial charge on any atom is 0.326 e. The highest BCUT2D eigenvalue weighted by atomic mass is 16.4. The SMILES string of the molecule is CCc1ccc2c(c1)c1c(n2C(C)C(=O)O)CCN(C(C)C)C1. The molecule has 0 fully saturated rings. The molecule has 3 rings (SSSR count). The second kappa shape index (κ2) is 6.00. The maximum atomic E-state index is 11.6. The van der Waals surface area contributed by atoms with Crippen molar-refractivity contribution in [1.29, 1.82) is 0 Å². The smallest absolute Gasteiger partial charge is 0.326 e. The van der Waals surface area contributed by atoms with Gasteiger partial charge in [0.15, 0.2) is 0 Å². The van der Waals surface area contributed by atoms with Crippen molar-refractivity contribution in [2.24, 2.45) is 0 Å². The molecule has 2 heterocycles. The summed E-state index contributed by atoms with van der Waals surface area (Å²) in [6.07, 6.45) is 1.92. The van der Waals surface area contributed by atoms with Gasteiger partial charge in [0.2, 0.25) is 0 Å². The van der Waals surface area contributed by atoms with Crippen LogP contribution in [0.2, 0.25) is 0 Å². The van der Waals surface area contributed by atoms with Gasteiger partial charge in [-0.05, 0) is 50.5 Å². The normalized spacial score (nSPS) is 16.7. The molecule has 1 aliphatic rings. The molecule has 1 N–H and O–H groups in total. The van der Waals surface area contributed by atoms with Gasteiger partial charge in [-0.25, -0.2) is 4.79 Å². The first kappa shape index (κ1) is 16.1. The highest BCUT2D eigenvalue weighted by Crippen LogP contribution is 2.34. The van der Waals surface area contributed by atoms with Crippen molar-refractivity contribution in [3.63, 3.8) is 0 Å². The summed E-state index contributed by atoms with van der Waals surface area (Å²) < 4.78 is 2.05. The standard InChI is InChI=1S/C19H26N2O2/c1-5-14-6-7-17-15(10-14)16-11-20(12(2)3)9-8-18(16)21(17)13(4)19(22)23/h6-7,10,12-13H,5,8-9,11H2,1-4H3,(H,22,23). The molecule has 0 saturated carbocycles. The zero-order valence-corrected chi connectivity index (χ0v) is 14.5. The van der Waals surface area contributed by atoms with Crippen LogP contribution in [-0.2, 0) is 24.2 Å². The Morgan fingerprint density at radius 3 is 2.65 bits per heavy atom. The van der Waals surface area contributed by atoms with Crippen LogP contribution in [0.15, 0.2) is 18.2 Å². The fourth-order valence-electron chi connectivity index (χ4n) is 3.67. The van der Waals surface area contributed by atoms with Crippen LogP contribution in [0.4, 0.5) is 0 Å². The molecule has 4 nitrogen and oxygen atoms in total. The van der Waals surface area contributed by atoms with E-state index in [0.717, 1.165) is 31.4 Å². The van der Waals surface area contributed by atoms with Gasteiger partial charge in [-0.2, -0.15) is 0 Å². The van der Waals surface area contributed by atoms with Crippen molar-refractivity contribution < 1.29 is 9.90 Å². The number of carbonyl (C=O) groups is 1. The summed E-state index contributed by atoms with van der Waals surface area (Å²) in [7, 11) is 0. The quantitative estimate of drug-likeness (QED) is 0.937. The molecule has 23 heavy (non-hydrogen) atoms. The monoisotopic (exact) mass is 314 g/mol. The van der Waals surface area contributed by atoms with Crippen molar-refractivity contribution in [2.75, 3.05) is 6.54 Å². The van der Waals surface area contributed by atoms with Crippen LogP contribution in [0.3, 0.4) is 0 Å². The van der Waals surface area contributed by atoms with Gasteiger partial charge >= 0.3 is 5.97 Å². The summed E-state index contributed by atoms with van der Waals surface area (Å²) in [5.41, 5.74) is 4.90. The van der Waals surface area contributed by atoms with E-state index in [1.165, 1.54) is 22.2 Å². The van der Waals surface area contributed by atoms with E-state index in [2.05, 4.69) is 43.9 Å². The van der Waals surface area contributed by atoms with E-state index >= 15 is 0 Å². The van der Waals surface area contributed by atoms with Crippen LogP contribution in [0.25, 0.3) is 10.9 Å². The van der Waals surface area contributed by atoms with Gasteiger partial charge in [0, 0.05) is 42.1 Å². The lowest BCUT2D eigenvalue weighted by Gasteiger charge is -2.31. The average Bonchev–Trinajstić information content (AvgIpc) is 2.86. The van der Waals surface area contributed by atoms with Crippen LogP contribution in [0, 0.1) is 0 Å². The number of fused-ring (bicyclic) bond motifs is 3. The number of aromatic nitrogens is 1. The lowest BCUT2D eigenvalue weighted by atomic mass is 10.0. The lowest BCUT2D eigenvalue weighted by Crippen LogP contribution is -2.36. The summed E-state index contributed by atoms with van der Waals surface area (Å²) in [6, 6.07) is 6.46. The fourth-order valence-corrected chi connectivity index (χ4v) is 3.67. The number of hydrogen-bond donors (Lipinski definition) is 1. The molecule has 2 aromatic rings. The minimum atomic E-state index is -0.768. The van der Waals surface area contributed by atoms with E-state index in [1.807, 2.05) is 4.57 Å². The van der Waals surface area contributed by atoms with Gasteiger partial charge in [-0.1, -0.05) is 13.0 Å². The summed E-state index contributed by atoms with van der Waals surface area (Å²) >= 11 is 0. The summed E-state index contributed by atoms with van der Waals surface area (Å²) in [6.45, 7) is 10.3. The number of carboxylic acid groups (broad SMARTS) is 1. The molecule has 1 unspecified atom stereocenters. The van der Waals surface area contributed by atoms with Gasteiger partial charge < -0.3 is 9.67 Å². The first-order valence-electron chi connectivity index (χ1n) is 8.55. The molecule has 0 spiro atoms. The third-order valence-electron chi connectivity index (χ3n) is 5.17. The topological polar surface area (TPSA) is 45.5 Å². The minimum Gasteiger partial charge on any atom is -0.480 e. The lowest BCUT2D eigenvalue weighted by molar-refractivity contribution is -0.140. The molecule has 1 atom stereocenters. The van der Waals surface area contributed by atoms with Crippen molar-refractivity contribution in [3.8, 4) is 0 Å². The van der Waals surface area contributed by atoms with Crippen LogP contribution in [0.5, 0.6) is 0 Å². The van der Waals surface area contributed by atoms with E-state index in [1.54, 1.807) is 6.92 Å². The first-order valence-corrected chi connectivity index (χ1v) is 8.55. The first-order chi connectivity index (χ1) is 10.9. The number of rotatable bonds is 4. The largest absolute Gasteiger partial charge is 0.480 e. The zero-order valence-electron chi connectivity index (χ0n) is 14.5. The second-order valence-corrected chi connectivity index (χ2v) is 6.83. The Balaban J connectivity index is 2.22. The van der Waals surface area contributed by atoms with E-state index in [0.29, 0.717) is 6.04 Å². The second-order valence-electron chi connectivity index (χ2n) is 6.83. The molecule has 0 saturated heterocycles. The summed E-state index contributed by atoms with van der Waals surface area (Å²) in [4.78, 5) is 14.1. The molecule has 0 amide bonds. The van der Waals surface area contributed by atoms with Gasteiger partial charge in [0.05, 0.1) is 0 Å². The van der Waals surface area contributed by atoms with Crippen LogP contribution < -0.4 is 0 Å². The van der Waals surface area contributed by atoms with Crippen LogP contribution in [-0.4, -0.2) is 33.1 Å². The van der Waals surface area contributed by atoms with Gasteiger partial charge in [0.25, 0.3) is 0 Å². The van der Waals surface area contributed by atoms with Gasteiger partial charge in [-0.15, -0.1) is 0 Å². The number of benzene rings is 1. The summed E-state index contributed by atoms with van der Waals surface area (Å²) in [5.74, 6) is -0.768. The minimum absolute atomic E-state index is 0.507. The molecule has 124 valence electrons. The van der Waals surface area contributed by atoms with Crippen LogP contribution >= 0.6 is 0 Å². The van der Waals surface area contributed by atoms with Gasteiger partial charge in [-0.3, -0.25) is 4.90 Å². The van der Waals surface area contributed by atoms with Crippen molar-refractivity contribution in [1.82, 2.24) is 9.47 Å². The number of aryl methyl sites for hydroxylation is 1. The molecular weight excluding hydrogens is 288 g/mol. The van der Waals surface area contributed by atoms with Crippen molar-refractivity contribution in [3.05, 3.63) is 35.0 Å². The Kier molecular flexibility index (Phi) is 4.19. The molecular formula is C19H26N2O2. The average molecular weight is 314 g/mol. The molecule has 0 aliphatic carbocycles. The fraction of sp³-hybridized carbons (Fsp3) is 0.526.